The number of carboxylic acid groups (broad SMARTS) is 1. The molecule has 0 saturated carbocycles. The summed E-state index contributed by atoms with van der Waals surface area (Å²) >= 11 is 0. The summed E-state index contributed by atoms with van der Waals surface area (Å²) in [5.41, 5.74) is -2.32. The molecular formula is C11H17NO6. The van der Waals surface area contributed by atoms with Crippen molar-refractivity contribution in [1.82, 2.24) is 4.90 Å². The van der Waals surface area contributed by atoms with Crippen LogP contribution in [0.5, 0.6) is 0 Å². The van der Waals surface area contributed by atoms with E-state index in [0.29, 0.717) is 0 Å². The molecule has 0 bridgehead atoms. The van der Waals surface area contributed by atoms with E-state index < -0.39 is 29.0 Å². The molecule has 0 aromatic carbocycles. The molecule has 0 aliphatic carbocycles. The summed E-state index contributed by atoms with van der Waals surface area (Å²) in [7, 11) is 1.11. The lowest BCUT2D eigenvalue weighted by Gasteiger charge is -2.44. The van der Waals surface area contributed by atoms with Gasteiger partial charge < -0.3 is 19.5 Å². The molecule has 1 N–H and O–H groups in total. The quantitative estimate of drug-likeness (QED) is 0.572. The van der Waals surface area contributed by atoms with Gasteiger partial charge in [0.05, 0.1) is 20.2 Å². The van der Waals surface area contributed by atoms with Crippen LogP contribution in [0.15, 0.2) is 0 Å². The minimum Gasteiger partial charge on any atom is -0.480 e. The third-order valence-corrected chi connectivity index (χ3v) is 2.56. The molecule has 0 atom stereocenters. The summed E-state index contributed by atoms with van der Waals surface area (Å²) in [4.78, 5) is 35.3. The predicted octanol–water partition coefficient (Wildman–Crippen LogP) is 0.481. The first kappa shape index (κ1) is 14.3. The normalized spacial score (nSPS) is 17.7. The minimum absolute atomic E-state index is 0.232. The number of carbonyl (C=O) groups excluding carboxylic acids is 2. The molecule has 1 amide bonds. The summed E-state index contributed by atoms with van der Waals surface area (Å²) in [6.07, 6.45) is -0.636. The van der Waals surface area contributed by atoms with Crippen molar-refractivity contribution < 1.29 is 29.0 Å². The van der Waals surface area contributed by atoms with E-state index in [1.54, 1.807) is 20.8 Å². The zero-order chi connectivity index (χ0) is 14.1. The molecule has 102 valence electrons. The lowest BCUT2D eigenvalue weighted by molar-refractivity contribution is -0.178. The van der Waals surface area contributed by atoms with Crippen LogP contribution < -0.4 is 0 Å². The summed E-state index contributed by atoms with van der Waals surface area (Å²) in [6.45, 7) is 4.65. The summed E-state index contributed by atoms with van der Waals surface area (Å²) in [6, 6.07) is 0. The van der Waals surface area contributed by atoms with Crippen LogP contribution in [-0.2, 0) is 19.1 Å². The Bertz CT molecular complexity index is 377. The van der Waals surface area contributed by atoms with Gasteiger partial charge in [0.25, 0.3) is 0 Å². The second-order valence-electron chi connectivity index (χ2n) is 5.22. The first-order valence-electron chi connectivity index (χ1n) is 5.42. The van der Waals surface area contributed by atoms with E-state index in [2.05, 4.69) is 4.74 Å². The number of carboxylic acids is 1. The number of esters is 1. The molecular weight excluding hydrogens is 242 g/mol. The first-order valence-corrected chi connectivity index (χ1v) is 5.42. The highest BCUT2D eigenvalue weighted by molar-refractivity contribution is 6.02. The van der Waals surface area contributed by atoms with Gasteiger partial charge in [0.1, 0.15) is 5.60 Å². The first-order chi connectivity index (χ1) is 8.12. The van der Waals surface area contributed by atoms with E-state index in [9.17, 15) is 14.4 Å². The van der Waals surface area contributed by atoms with Crippen LogP contribution in [0.2, 0.25) is 0 Å². The molecule has 1 rings (SSSR count). The van der Waals surface area contributed by atoms with Crippen molar-refractivity contribution in [2.24, 2.45) is 5.41 Å². The van der Waals surface area contributed by atoms with Crippen molar-refractivity contribution in [3.8, 4) is 0 Å². The number of methoxy groups -OCH3 is 1. The zero-order valence-corrected chi connectivity index (χ0v) is 10.8. The van der Waals surface area contributed by atoms with Crippen LogP contribution in [0.1, 0.15) is 20.8 Å². The van der Waals surface area contributed by atoms with E-state index in [0.717, 1.165) is 12.0 Å². The van der Waals surface area contributed by atoms with Crippen LogP contribution >= 0.6 is 0 Å². The molecule has 0 aromatic heterocycles. The van der Waals surface area contributed by atoms with Crippen molar-refractivity contribution >= 4 is 18.0 Å². The van der Waals surface area contributed by atoms with E-state index in [1.165, 1.54) is 0 Å². The Morgan fingerprint density at radius 3 is 2.06 bits per heavy atom. The molecule has 18 heavy (non-hydrogen) atoms. The highest BCUT2D eigenvalue weighted by Crippen LogP contribution is 2.33. The average molecular weight is 259 g/mol. The lowest BCUT2D eigenvalue weighted by atomic mass is 9.80. The van der Waals surface area contributed by atoms with Crippen molar-refractivity contribution in [3.63, 3.8) is 0 Å². The van der Waals surface area contributed by atoms with Gasteiger partial charge in [-0.25, -0.2) is 4.79 Å². The lowest BCUT2D eigenvalue weighted by Crippen LogP contribution is -2.66. The van der Waals surface area contributed by atoms with Crippen molar-refractivity contribution in [2.75, 3.05) is 20.2 Å². The summed E-state index contributed by atoms with van der Waals surface area (Å²) in [5.74, 6) is -2.15. The van der Waals surface area contributed by atoms with Gasteiger partial charge in [0.2, 0.25) is 0 Å². The van der Waals surface area contributed by atoms with Gasteiger partial charge in [0.15, 0.2) is 5.41 Å². The largest absolute Gasteiger partial charge is 0.480 e. The van der Waals surface area contributed by atoms with Gasteiger partial charge in [-0.3, -0.25) is 9.59 Å². The molecule has 1 heterocycles. The Morgan fingerprint density at radius 1 is 1.22 bits per heavy atom. The molecule has 1 fully saturated rings. The highest BCUT2D eigenvalue weighted by atomic mass is 16.6. The predicted molar refractivity (Wildman–Crippen MR) is 59.9 cm³/mol. The highest BCUT2D eigenvalue weighted by Gasteiger charge is 2.59. The Balaban J connectivity index is 2.68. The molecule has 1 saturated heterocycles. The maximum Gasteiger partial charge on any atom is 0.410 e. The van der Waals surface area contributed by atoms with Crippen molar-refractivity contribution in [2.45, 2.75) is 26.4 Å². The van der Waals surface area contributed by atoms with Gasteiger partial charge in [0, 0.05) is 0 Å². The number of aliphatic carboxylic acids is 1. The van der Waals surface area contributed by atoms with Gasteiger partial charge >= 0.3 is 18.0 Å². The third-order valence-electron chi connectivity index (χ3n) is 2.56. The number of ether oxygens (including phenoxy) is 2. The number of hydrogen-bond acceptors (Lipinski definition) is 5. The van der Waals surface area contributed by atoms with Crippen LogP contribution in [0.25, 0.3) is 0 Å². The Kier molecular flexibility index (Phi) is 3.54. The number of rotatable bonds is 2. The molecule has 0 spiro atoms. The number of amides is 1. The number of likely N-dealkylation sites (tertiary alicyclic amines) is 1. The SMILES string of the molecule is COC(=O)C1(C(=O)O)CN(C(=O)OC(C)(C)C)C1. The second-order valence-corrected chi connectivity index (χ2v) is 5.22. The zero-order valence-electron chi connectivity index (χ0n) is 10.8. The number of carbonyl (C=O) groups is 3. The van der Waals surface area contributed by atoms with Crippen LogP contribution in [0.3, 0.4) is 0 Å². The minimum atomic E-state index is -1.66. The summed E-state index contributed by atoms with van der Waals surface area (Å²) < 4.78 is 9.52. The van der Waals surface area contributed by atoms with Gasteiger partial charge in [-0.2, -0.15) is 0 Å². The molecule has 1 aliphatic rings. The van der Waals surface area contributed by atoms with E-state index >= 15 is 0 Å². The van der Waals surface area contributed by atoms with Gasteiger partial charge in [-0.1, -0.05) is 0 Å². The fraction of sp³-hybridized carbons (Fsp3) is 0.727. The van der Waals surface area contributed by atoms with Crippen molar-refractivity contribution in [1.29, 1.82) is 0 Å². The fourth-order valence-electron chi connectivity index (χ4n) is 1.61. The third kappa shape index (κ3) is 2.55. The summed E-state index contributed by atoms with van der Waals surface area (Å²) in [5, 5.41) is 9.04. The molecule has 0 unspecified atom stereocenters. The van der Waals surface area contributed by atoms with E-state index in [1.807, 2.05) is 0 Å². The molecule has 0 aromatic rings. The van der Waals surface area contributed by atoms with Crippen molar-refractivity contribution in [3.05, 3.63) is 0 Å². The average Bonchev–Trinajstić information content (AvgIpc) is 2.11. The van der Waals surface area contributed by atoms with E-state index in [-0.39, 0.29) is 13.1 Å². The Labute approximate surface area is 105 Å². The topological polar surface area (TPSA) is 93.1 Å². The maximum atomic E-state index is 11.6. The fourth-order valence-corrected chi connectivity index (χ4v) is 1.61. The number of nitrogens with zero attached hydrogens (tertiary/aromatic N) is 1. The van der Waals surface area contributed by atoms with Gasteiger partial charge in [-0.15, -0.1) is 0 Å². The van der Waals surface area contributed by atoms with Gasteiger partial charge in [-0.05, 0) is 20.8 Å². The molecule has 7 heteroatoms. The Hall–Kier alpha value is -1.79. The second kappa shape index (κ2) is 4.47. The van der Waals surface area contributed by atoms with E-state index in [4.69, 9.17) is 9.84 Å². The van der Waals surface area contributed by atoms with Crippen LogP contribution in [0, 0.1) is 5.41 Å². The van der Waals surface area contributed by atoms with Crippen LogP contribution in [0.4, 0.5) is 4.79 Å². The standard InChI is InChI=1S/C11H17NO6/c1-10(2,3)18-9(16)12-5-11(6-12,7(13)14)8(15)17-4/h5-6H2,1-4H3,(H,13,14). The van der Waals surface area contributed by atoms with Crippen LogP contribution in [-0.4, -0.2) is 53.8 Å². The molecule has 1 aliphatic heterocycles. The maximum absolute atomic E-state index is 11.6. The number of hydrogen-bond donors (Lipinski definition) is 1. The Morgan fingerprint density at radius 2 is 1.72 bits per heavy atom. The monoisotopic (exact) mass is 259 g/mol. The molecule has 0 radical (unpaired) electrons. The smallest absolute Gasteiger partial charge is 0.410 e. The molecule has 7 nitrogen and oxygen atoms in total.